The third-order valence-electron chi connectivity index (χ3n) is 4.02. The van der Waals surface area contributed by atoms with Gasteiger partial charge in [0.1, 0.15) is 11.5 Å². The van der Waals surface area contributed by atoms with E-state index in [4.69, 9.17) is 4.74 Å². The predicted octanol–water partition coefficient (Wildman–Crippen LogP) is 3.45. The van der Waals surface area contributed by atoms with E-state index < -0.39 is 0 Å². The molecule has 1 fully saturated rings. The molecule has 2 aromatic rings. The summed E-state index contributed by atoms with van der Waals surface area (Å²) in [6.45, 7) is 6.62. The second-order valence-corrected chi connectivity index (χ2v) is 5.45. The van der Waals surface area contributed by atoms with Crippen LogP contribution in [0.25, 0.3) is 0 Å². The zero-order chi connectivity index (χ0) is 14.5. The summed E-state index contributed by atoms with van der Waals surface area (Å²) in [6.07, 6.45) is 0. The molecule has 0 aromatic heterocycles. The molecule has 0 aliphatic carbocycles. The lowest BCUT2D eigenvalue weighted by Crippen LogP contribution is -2.44. The summed E-state index contributed by atoms with van der Waals surface area (Å²) in [4.78, 5) is 2.51. The number of hydrogen-bond acceptors (Lipinski definition) is 3. The molecule has 3 rings (SSSR count). The summed E-state index contributed by atoms with van der Waals surface area (Å²) in [6, 6.07) is 18.8. The number of nitrogens with one attached hydrogen (secondary N) is 1. The first-order valence-electron chi connectivity index (χ1n) is 7.60. The van der Waals surface area contributed by atoms with Gasteiger partial charge in [0, 0.05) is 32.2 Å². The molecule has 1 N–H and O–H groups in total. The van der Waals surface area contributed by atoms with Crippen LogP contribution in [0.15, 0.2) is 54.6 Å². The van der Waals surface area contributed by atoms with Crippen LogP contribution in [0.4, 0.5) is 0 Å². The first-order chi connectivity index (χ1) is 10.3. The van der Waals surface area contributed by atoms with Crippen LogP contribution in [0, 0.1) is 0 Å². The van der Waals surface area contributed by atoms with Gasteiger partial charge in [0.15, 0.2) is 0 Å². The Morgan fingerprint density at radius 2 is 1.67 bits per heavy atom. The van der Waals surface area contributed by atoms with E-state index in [9.17, 15) is 0 Å². The highest BCUT2D eigenvalue weighted by molar-refractivity contribution is 5.35. The maximum absolute atomic E-state index is 5.93. The van der Waals surface area contributed by atoms with Crippen molar-refractivity contribution >= 4 is 0 Å². The van der Waals surface area contributed by atoms with Crippen LogP contribution >= 0.6 is 0 Å². The van der Waals surface area contributed by atoms with Crippen LogP contribution in [0.1, 0.15) is 18.5 Å². The van der Waals surface area contributed by atoms with Crippen LogP contribution in [0.2, 0.25) is 0 Å². The van der Waals surface area contributed by atoms with Gasteiger partial charge >= 0.3 is 0 Å². The summed E-state index contributed by atoms with van der Waals surface area (Å²) in [5, 5.41) is 3.40. The van der Waals surface area contributed by atoms with Gasteiger partial charge in [-0.05, 0) is 36.8 Å². The van der Waals surface area contributed by atoms with Crippen molar-refractivity contribution in [1.29, 1.82) is 0 Å². The second kappa shape index (κ2) is 6.74. The van der Waals surface area contributed by atoms with E-state index >= 15 is 0 Å². The Morgan fingerprint density at radius 1 is 0.952 bits per heavy atom. The highest BCUT2D eigenvalue weighted by Gasteiger charge is 2.18. The molecule has 0 bridgehead atoms. The summed E-state index contributed by atoms with van der Waals surface area (Å²) in [7, 11) is 0. The van der Waals surface area contributed by atoms with E-state index in [0.717, 1.165) is 37.7 Å². The maximum Gasteiger partial charge on any atom is 0.127 e. The highest BCUT2D eigenvalue weighted by atomic mass is 16.5. The molecule has 0 amide bonds. The molecule has 3 nitrogen and oxygen atoms in total. The van der Waals surface area contributed by atoms with Crippen LogP contribution in [0.5, 0.6) is 11.5 Å². The van der Waals surface area contributed by atoms with Crippen molar-refractivity contribution < 1.29 is 4.74 Å². The van der Waals surface area contributed by atoms with Crippen molar-refractivity contribution in [1.82, 2.24) is 10.2 Å². The van der Waals surface area contributed by atoms with E-state index in [0.29, 0.717) is 6.04 Å². The summed E-state index contributed by atoms with van der Waals surface area (Å²) in [5.74, 6) is 1.78. The fourth-order valence-electron chi connectivity index (χ4n) is 2.74. The molecular weight excluding hydrogens is 260 g/mol. The highest BCUT2D eigenvalue weighted by Crippen LogP contribution is 2.27. The molecular formula is C18H22N2O. The molecule has 1 aliphatic rings. The standard InChI is InChI=1S/C18H22N2O/c1-15(20-12-10-19-11-13-20)16-6-5-9-18(14-16)21-17-7-3-2-4-8-17/h2-9,14-15,19H,10-13H2,1H3/t15-/m1/s1. The van der Waals surface area contributed by atoms with Gasteiger partial charge in [0.2, 0.25) is 0 Å². The van der Waals surface area contributed by atoms with Gasteiger partial charge in [0.25, 0.3) is 0 Å². The summed E-state index contributed by atoms with van der Waals surface area (Å²) >= 11 is 0. The third kappa shape index (κ3) is 3.63. The number of ether oxygens (including phenoxy) is 1. The average Bonchev–Trinajstić information content (AvgIpc) is 2.56. The number of piperazine rings is 1. The molecule has 0 radical (unpaired) electrons. The van der Waals surface area contributed by atoms with Crippen LogP contribution in [-0.4, -0.2) is 31.1 Å². The molecule has 0 spiro atoms. The zero-order valence-electron chi connectivity index (χ0n) is 12.5. The lowest BCUT2D eigenvalue weighted by molar-refractivity contribution is 0.185. The largest absolute Gasteiger partial charge is 0.457 e. The SMILES string of the molecule is C[C@H](c1cccc(Oc2ccccc2)c1)N1CCNCC1. The fraction of sp³-hybridized carbons (Fsp3) is 0.333. The quantitative estimate of drug-likeness (QED) is 0.929. The van der Waals surface area contributed by atoms with Gasteiger partial charge in [-0.15, -0.1) is 0 Å². The topological polar surface area (TPSA) is 24.5 Å². The Bertz CT molecular complexity index is 564. The van der Waals surface area contributed by atoms with Crippen LogP contribution in [0.3, 0.4) is 0 Å². The smallest absolute Gasteiger partial charge is 0.127 e. The van der Waals surface area contributed by atoms with E-state index in [1.165, 1.54) is 5.56 Å². The Labute approximate surface area is 126 Å². The molecule has 110 valence electrons. The summed E-state index contributed by atoms with van der Waals surface area (Å²) < 4.78 is 5.93. The molecule has 0 saturated carbocycles. The van der Waals surface area contributed by atoms with Crippen molar-refractivity contribution in [2.45, 2.75) is 13.0 Å². The van der Waals surface area contributed by atoms with Gasteiger partial charge in [0.05, 0.1) is 0 Å². The van der Waals surface area contributed by atoms with Gasteiger partial charge < -0.3 is 10.1 Å². The lowest BCUT2D eigenvalue weighted by Gasteiger charge is -2.33. The number of rotatable bonds is 4. The van der Waals surface area contributed by atoms with Crippen molar-refractivity contribution in [2.24, 2.45) is 0 Å². The monoisotopic (exact) mass is 282 g/mol. The predicted molar refractivity (Wildman–Crippen MR) is 85.8 cm³/mol. The molecule has 2 aromatic carbocycles. The Morgan fingerprint density at radius 3 is 2.43 bits per heavy atom. The zero-order valence-corrected chi connectivity index (χ0v) is 12.5. The first-order valence-corrected chi connectivity index (χ1v) is 7.60. The normalized spacial score (nSPS) is 17.4. The molecule has 0 unspecified atom stereocenters. The molecule has 21 heavy (non-hydrogen) atoms. The van der Waals surface area contributed by atoms with Crippen molar-refractivity contribution in [2.75, 3.05) is 26.2 Å². The molecule has 3 heteroatoms. The number of hydrogen-bond donors (Lipinski definition) is 1. The van der Waals surface area contributed by atoms with Crippen molar-refractivity contribution in [3.8, 4) is 11.5 Å². The minimum absolute atomic E-state index is 0.423. The van der Waals surface area contributed by atoms with Gasteiger partial charge in [-0.1, -0.05) is 30.3 Å². The Balaban J connectivity index is 1.73. The van der Waals surface area contributed by atoms with E-state index in [2.05, 4.69) is 35.3 Å². The van der Waals surface area contributed by atoms with Crippen LogP contribution in [-0.2, 0) is 0 Å². The number of para-hydroxylation sites is 1. The van der Waals surface area contributed by atoms with Crippen molar-refractivity contribution in [3.05, 3.63) is 60.2 Å². The van der Waals surface area contributed by atoms with E-state index in [1.807, 2.05) is 36.4 Å². The molecule has 1 heterocycles. The molecule has 1 saturated heterocycles. The average molecular weight is 282 g/mol. The van der Waals surface area contributed by atoms with E-state index in [1.54, 1.807) is 0 Å². The van der Waals surface area contributed by atoms with Crippen molar-refractivity contribution in [3.63, 3.8) is 0 Å². The Hall–Kier alpha value is -1.84. The Kier molecular flexibility index (Phi) is 4.53. The van der Waals surface area contributed by atoms with Gasteiger partial charge in [-0.25, -0.2) is 0 Å². The molecule has 1 atom stereocenters. The second-order valence-electron chi connectivity index (χ2n) is 5.45. The lowest BCUT2D eigenvalue weighted by atomic mass is 10.1. The molecule has 1 aliphatic heterocycles. The van der Waals surface area contributed by atoms with Crippen LogP contribution < -0.4 is 10.1 Å². The van der Waals surface area contributed by atoms with Gasteiger partial charge in [-0.2, -0.15) is 0 Å². The minimum Gasteiger partial charge on any atom is -0.457 e. The number of benzene rings is 2. The van der Waals surface area contributed by atoms with Gasteiger partial charge in [-0.3, -0.25) is 4.90 Å². The number of nitrogens with zero attached hydrogens (tertiary/aromatic N) is 1. The van der Waals surface area contributed by atoms with E-state index in [-0.39, 0.29) is 0 Å². The maximum atomic E-state index is 5.93. The first kappa shape index (κ1) is 14.1. The fourth-order valence-corrected chi connectivity index (χ4v) is 2.74. The third-order valence-corrected chi connectivity index (χ3v) is 4.02. The minimum atomic E-state index is 0.423. The summed E-state index contributed by atoms with van der Waals surface area (Å²) in [5.41, 5.74) is 1.31.